The summed E-state index contributed by atoms with van der Waals surface area (Å²) in [5.74, 6) is 0.0878. The first-order chi connectivity index (χ1) is 10.1. The first-order valence-electron chi connectivity index (χ1n) is 6.79. The van der Waals surface area contributed by atoms with Crippen molar-refractivity contribution in [2.75, 3.05) is 26.2 Å². The van der Waals surface area contributed by atoms with Gasteiger partial charge in [0.15, 0.2) is 5.76 Å². The van der Waals surface area contributed by atoms with Gasteiger partial charge in [-0.2, -0.15) is 5.10 Å². The average Bonchev–Trinajstić information content (AvgIpc) is 3.17. The van der Waals surface area contributed by atoms with Crippen molar-refractivity contribution in [3.8, 4) is 0 Å². The Morgan fingerprint density at radius 2 is 1.86 bits per heavy atom. The summed E-state index contributed by atoms with van der Waals surface area (Å²) in [5.41, 5.74) is 1.27. The summed E-state index contributed by atoms with van der Waals surface area (Å²) in [4.78, 5) is 27.8. The number of aromatic amines is 1. The van der Waals surface area contributed by atoms with E-state index in [0.717, 1.165) is 5.69 Å². The summed E-state index contributed by atoms with van der Waals surface area (Å²) in [6.07, 6.45) is 1.48. The Labute approximate surface area is 121 Å². The van der Waals surface area contributed by atoms with Crippen LogP contribution in [0.3, 0.4) is 0 Å². The standard InChI is InChI=1S/C14H16N4O3/c1-10-9-11(16-15-10)13(19)17-4-6-18(7-5-17)14(20)12-3-2-8-21-12/h2-3,8-9H,4-7H2,1H3,(H,15,16). The molecule has 3 heterocycles. The van der Waals surface area contributed by atoms with Crippen LogP contribution in [0.15, 0.2) is 28.9 Å². The third kappa shape index (κ3) is 2.67. The highest BCUT2D eigenvalue weighted by molar-refractivity contribution is 5.93. The summed E-state index contributed by atoms with van der Waals surface area (Å²) in [6.45, 7) is 3.83. The average molecular weight is 288 g/mol. The van der Waals surface area contributed by atoms with E-state index in [1.54, 1.807) is 28.0 Å². The maximum Gasteiger partial charge on any atom is 0.289 e. The molecule has 0 radical (unpaired) electrons. The SMILES string of the molecule is Cc1cc(C(=O)N2CCN(C(=O)c3ccco3)CC2)n[nH]1. The highest BCUT2D eigenvalue weighted by atomic mass is 16.3. The van der Waals surface area contributed by atoms with Crippen LogP contribution in [0.25, 0.3) is 0 Å². The number of aryl methyl sites for hydroxylation is 1. The first-order valence-corrected chi connectivity index (χ1v) is 6.79. The van der Waals surface area contributed by atoms with Crippen LogP contribution in [0.2, 0.25) is 0 Å². The van der Waals surface area contributed by atoms with E-state index in [9.17, 15) is 9.59 Å². The molecule has 0 spiro atoms. The van der Waals surface area contributed by atoms with Crippen LogP contribution in [0.1, 0.15) is 26.7 Å². The smallest absolute Gasteiger partial charge is 0.289 e. The quantitative estimate of drug-likeness (QED) is 0.890. The molecule has 2 amide bonds. The number of hydrogen-bond donors (Lipinski definition) is 1. The van der Waals surface area contributed by atoms with Gasteiger partial charge in [-0.15, -0.1) is 0 Å². The molecule has 0 bridgehead atoms. The number of H-pyrrole nitrogens is 1. The Morgan fingerprint density at radius 1 is 1.19 bits per heavy atom. The second-order valence-electron chi connectivity index (χ2n) is 5.00. The van der Waals surface area contributed by atoms with Crippen LogP contribution in [0, 0.1) is 6.92 Å². The molecule has 2 aromatic heterocycles. The fourth-order valence-electron chi connectivity index (χ4n) is 2.36. The molecule has 0 atom stereocenters. The Kier molecular flexibility index (Phi) is 3.47. The van der Waals surface area contributed by atoms with E-state index in [4.69, 9.17) is 4.42 Å². The Balaban J connectivity index is 1.60. The van der Waals surface area contributed by atoms with Crippen LogP contribution in [-0.2, 0) is 0 Å². The predicted molar refractivity (Wildman–Crippen MR) is 73.8 cm³/mol. The molecule has 2 aromatic rings. The Morgan fingerprint density at radius 3 is 2.38 bits per heavy atom. The molecule has 21 heavy (non-hydrogen) atoms. The van der Waals surface area contributed by atoms with Crippen molar-refractivity contribution in [1.29, 1.82) is 0 Å². The number of amides is 2. The zero-order chi connectivity index (χ0) is 14.8. The lowest BCUT2D eigenvalue weighted by Gasteiger charge is -2.33. The Hall–Kier alpha value is -2.57. The van der Waals surface area contributed by atoms with Crippen molar-refractivity contribution in [3.05, 3.63) is 41.6 Å². The van der Waals surface area contributed by atoms with Crippen LogP contribution >= 0.6 is 0 Å². The number of carbonyl (C=O) groups excluding carboxylic acids is 2. The van der Waals surface area contributed by atoms with Gasteiger partial charge in [-0.1, -0.05) is 0 Å². The van der Waals surface area contributed by atoms with Crippen LogP contribution in [0.4, 0.5) is 0 Å². The normalized spacial score (nSPS) is 15.3. The van der Waals surface area contributed by atoms with E-state index in [2.05, 4.69) is 10.2 Å². The molecule has 1 N–H and O–H groups in total. The molecule has 0 aliphatic carbocycles. The van der Waals surface area contributed by atoms with Crippen LogP contribution < -0.4 is 0 Å². The number of carbonyl (C=O) groups is 2. The molecule has 7 nitrogen and oxygen atoms in total. The molecule has 0 saturated carbocycles. The zero-order valence-electron chi connectivity index (χ0n) is 11.7. The minimum absolute atomic E-state index is 0.107. The molecular weight excluding hydrogens is 272 g/mol. The van der Waals surface area contributed by atoms with E-state index in [1.807, 2.05) is 6.92 Å². The number of furan rings is 1. The summed E-state index contributed by atoms with van der Waals surface area (Å²) >= 11 is 0. The van der Waals surface area contributed by atoms with E-state index < -0.39 is 0 Å². The number of rotatable bonds is 2. The van der Waals surface area contributed by atoms with E-state index in [-0.39, 0.29) is 11.8 Å². The minimum atomic E-state index is -0.136. The minimum Gasteiger partial charge on any atom is -0.459 e. The molecule has 0 unspecified atom stereocenters. The van der Waals surface area contributed by atoms with E-state index >= 15 is 0 Å². The highest BCUT2D eigenvalue weighted by Crippen LogP contribution is 2.11. The molecule has 3 rings (SSSR count). The molecular formula is C14H16N4O3. The van der Waals surface area contributed by atoms with Gasteiger partial charge in [0.05, 0.1) is 6.26 Å². The number of nitrogens with zero attached hydrogens (tertiary/aromatic N) is 3. The lowest BCUT2D eigenvalue weighted by molar-refractivity contribution is 0.0515. The van der Waals surface area contributed by atoms with Gasteiger partial charge in [-0.25, -0.2) is 0 Å². The van der Waals surface area contributed by atoms with Gasteiger partial charge in [0.2, 0.25) is 0 Å². The highest BCUT2D eigenvalue weighted by Gasteiger charge is 2.27. The summed E-state index contributed by atoms with van der Waals surface area (Å²) in [6, 6.07) is 5.06. The van der Waals surface area contributed by atoms with Gasteiger partial charge in [0, 0.05) is 31.9 Å². The van der Waals surface area contributed by atoms with Gasteiger partial charge >= 0.3 is 0 Å². The van der Waals surface area contributed by atoms with Gasteiger partial charge in [0.25, 0.3) is 11.8 Å². The Bertz CT molecular complexity index is 639. The lowest BCUT2D eigenvalue weighted by Crippen LogP contribution is -2.50. The largest absolute Gasteiger partial charge is 0.459 e. The van der Waals surface area contributed by atoms with Gasteiger partial charge < -0.3 is 14.2 Å². The maximum absolute atomic E-state index is 12.2. The topological polar surface area (TPSA) is 82.4 Å². The lowest BCUT2D eigenvalue weighted by atomic mass is 10.2. The number of hydrogen-bond acceptors (Lipinski definition) is 4. The third-order valence-electron chi connectivity index (χ3n) is 3.51. The number of nitrogens with one attached hydrogen (secondary N) is 1. The van der Waals surface area contributed by atoms with Crippen LogP contribution in [0.5, 0.6) is 0 Å². The summed E-state index contributed by atoms with van der Waals surface area (Å²) < 4.78 is 5.11. The van der Waals surface area contributed by atoms with Crippen molar-refractivity contribution in [3.63, 3.8) is 0 Å². The fraction of sp³-hybridized carbons (Fsp3) is 0.357. The predicted octanol–water partition coefficient (Wildman–Crippen LogP) is 0.909. The zero-order valence-corrected chi connectivity index (χ0v) is 11.7. The molecule has 1 saturated heterocycles. The second-order valence-corrected chi connectivity index (χ2v) is 5.00. The van der Waals surface area contributed by atoms with Gasteiger partial charge in [-0.05, 0) is 25.1 Å². The maximum atomic E-state index is 12.2. The van der Waals surface area contributed by atoms with Crippen molar-refractivity contribution in [2.45, 2.75) is 6.92 Å². The van der Waals surface area contributed by atoms with Crippen molar-refractivity contribution in [2.24, 2.45) is 0 Å². The monoisotopic (exact) mass is 288 g/mol. The molecule has 7 heteroatoms. The van der Waals surface area contributed by atoms with Crippen molar-refractivity contribution in [1.82, 2.24) is 20.0 Å². The molecule has 1 fully saturated rings. The van der Waals surface area contributed by atoms with E-state index in [1.165, 1.54) is 6.26 Å². The third-order valence-corrected chi connectivity index (χ3v) is 3.51. The number of piperazine rings is 1. The molecule has 1 aliphatic heterocycles. The van der Waals surface area contributed by atoms with Gasteiger partial charge in [0.1, 0.15) is 5.69 Å². The first kappa shape index (κ1) is 13.4. The summed E-state index contributed by atoms with van der Waals surface area (Å²) in [5, 5.41) is 6.73. The fourth-order valence-corrected chi connectivity index (χ4v) is 2.36. The van der Waals surface area contributed by atoms with Crippen LogP contribution in [-0.4, -0.2) is 58.0 Å². The summed E-state index contributed by atoms with van der Waals surface area (Å²) in [7, 11) is 0. The number of aromatic nitrogens is 2. The van der Waals surface area contributed by atoms with Crippen molar-refractivity contribution < 1.29 is 14.0 Å². The second kappa shape index (κ2) is 5.43. The van der Waals surface area contributed by atoms with E-state index in [0.29, 0.717) is 37.6 Å². The molecule has 0 aromatic carbocycles. The molecule has 110 valence electrons. The molecule has 1 aliphatic rings. The van der Waals surface area contributed by atoms with Gasteiger partial charge in [-0.3, -0.25) is 14.7 Å². The van der Waals surface area contributed by atoms with Crippen molar-refractivity contribution >= 4 is 11.8 Å².